The lowest BCUT2D eigenvalue weighted by atomic mass is 10.2. The second-order valence-corrected chi connectivity index (χ2v) is 7.19. The van der Waals surface area contributed by atoms with E-state index >= 15 is 0 Å². The summed E-state index contributed by atoms with van der Waals surface area (Å²) in [6.45, 7) is 0. The number of thioether (sulfide) groups is 1. The van der Waals surface area contributed by atoms with Crippen LogP contribution in [0.1, 0.15) is 6.42 Å². The van der Waals surface area contributed by atoms with Crippen LogP contribution in [0.2, 0.25) is 0 Å². The number of aliphatic imine (C=N–C) groups is 1. The van der Waals surface area contributed by atoms with Gasteiger partial charge in [-0.1, -0.05) is 36.0 Å². The van der Waals surface area contributed by atoms with Crippen LogP contribution in [-0.2, 0) is 9.59 Å². The van der Waals surface area contributed by atoms with E-state index < -0.39 is 5.25 Å². The fourth-order valence-electron chi connectivity index (χ4n) is 2.68. The minimum absolute atomic E-state index is 0.0904. The summed E-state index contributed by atoms with van der Waals surface area (Å²) in [4.78, 5) is 31.2. The minimum atomic E-state index is -0.595. The molecule has 0 radical (unpaired) electrons. The van der Waals surface area contributed by atoms with Crippen molar-refractivity contribution >= 4 is 40.1 Å². The molecule has 1 N–H and O–H groups in total. The average molecular weight is 399 g/mol. The molecule has 1 aliphatic rings. The number of methoxy groups -OCH3 is 2. The highest BCUT2D eigenvalue weighted by Gasteiger charge is 2.34. The van der Waals surface area contributed by atoms with Crippen LogP contribution < -0.4 is 14.8 Å². The lowest BCUT2D eigenvalue weighted by molar-refractivity contribution is -0.128. The summed E-state index contributed by atoms with van der Waals surface area (Å²) in [5.74, 6) is 0.705. The molecule has 2 aromatic carbocycles. The van der Waals surface area contributed by atoms with Crippen molar-refractivity contribution in [3.8, 4) is 11.5 Å². The van der Waals surface area contributed by atoms with Gasteiger partial charge in [-0.05, 0) is 24.3 Å². The quantitative estimate of drug-likeness (QED) is 0.835. The van der Waals surface area contributed by atoms with E-state index in [1.165, 1.54) is 23.8 Å². The summed E-state index contributed by atoms with van der Waals surface area (Å²) >= 11 is 1.24. The molecule has 2 aromatic rings. The van der Waals surface area contributed by atoms with Gasteiger partial charge in [-0.25, -0.2) is 4.99 Å². The predicted molar refractivity (Wildman–Crippen MR) is 110 cm³/mol. The number of hydrogen-bond acceptors (Lipinski definition) is 6. The molecule has 3 rings (SSSR count). The number of nitrogens with one attached hydrogen (secondary N) is 1. The molecule has 0 spiro atoms. The molecule has 0 saturated carbocycles. The highest BCUT2D eigenvalue weighted by Crippen LogP contribution is 2.33. The molecule has 8 heteroatoms. The molecule has 28 heavy (non-hydrogen) atoms. The molecule has 0 aromatic heterocycles. The first-order chi connectivity index (χ1) is 13.5. The summed E-state index contributed by atoms with van der Waals surface area (Å²) in [6, 6.07) is 14.4. The Labute approximate surface area is 167 Å². The molecule has 0 unspecified atom stereocenters. The normalized spacial score (nSPS) is 18.1. The van der Waals surface area contributed by atoms with Gasteiger partial charge in [0.1, 0.15) is 22.4 Å². The monoisotopic (exact) mass is 399 g/mol. The molecule has 0 aliphatic carbocycles. The Morgan fingerprint density at radius 1 is 1.11 bits per heavy atom. The largest absolute Gasteiger partial charge is 0.495 e. The second-order valence-electron chi connectivity index (χ2n) is 6.02. The van der Waals surface area contributed by atoms with Crippen LogP contribution in [0.15, 0.2) is 53.5 Å². The Bertz CT molecular complexity index is 916. The van der Waals surface area contributed by atoms with E-state index in [1.807, 2.05) is 18.2 Å². The van der Waals surface area contributed by atoms with E-state index in [-0.39, 0.29) is 18.2 Å². The summed E-state index contributed by atoms with van der Waals surface area (Å²) < 4.78 is 10.6. The van der Waals surface area contributed by atoms with Crippen molar-refractivity contribution in [2.24, 2.45) is 4.99 Å². The molecule has 2 amide bonds. The van der Waals surface area contributed by atoms with Crippen LogP contribution in [0.4, 0.5) is 11.4 Å². The zero-order valence-electron chi connectivity index (χ0n) is 15.8. The first kappa shape index (κ1) is 19.8. The number of carbonyl (C=O) groups excluding carboxylic acids is 2. The first-order valence-electron chi connectivity index (χ1n) is 8.62. The SMILES string of the molecule is COc1ccccc1N=C1S[C@H](C(=O)Nc2ccccc2OC)CC(=O)N1C. The van der Waals surface area contributed by atoms with E-state index in [0.29, 0.717) is 28.0 Å². The minimum Gasteiger partial charge on any atom is -0.495 e. The number of nitrogens with zero attached hydrogens (tertiary/aromatic N) is 2. The number of carbonyl (C=O) groups is 2. The van der Waals surface area contributed by atoms with Crippen molar-refractivity contribution in [2.75, 3.05) is 26.6 Å². The molecule has 7 nitrogen and oxygen atoms in total. The van der Waals surface area contributed by atoms with E-state index in [2.05, 4.69) is 10.3 Å². The zero-order chi connectivity index (χ0) is 20.1. The Morgan fingerprint density at radius 2 is 1.75 bits per heavy atom. The fraction of sp³-hybridized carbons (Fsp3) is 0.250. The third-order valence-electron chi connectivity index (χ3n) is 4.23. The maximum Gasteiger partial charge on any atom is 0.238 e. The number of hydrogen-bond donors (Lipinski definition) is 1. The summed E-state index contributed by atoms with van der Waals surface area (Å²) in [7, 11) is 4.75. The second kappa shape index (κ2) is 8.79. The number of rotatable bonds is 5. The number of para-hydroxylation sites is 4. The van der Waals surface area contributed by atoms with Crippen molar-refractivity contribution in [3.05, 3.63) is 48.5 Å². The van der Waals surface area contributed by atoms with E-state index in [9.17, 15) is 9.59 Å². The van der Waals surface area contributed by atoms with E-state index in [1.54, 1.807) is 44.5 Å². The van der Waals surface area contributed by atoms with Crippen molar-refractivity contribution in [2.45, 2.75) is 11.7 Å². The maximum atomic E-state index is 12.8. The van der Waals surface area contributed by atoms with Gasteiger partial charge in [0.05, 0.1) is 19.9 Å². The van der Waals surface area contributed by atoms with Gasteiger partial charge < -0.3 is 14.8 Å². The molecule has 1 fully saturated rings. The number of amidine groups is 1. The maximum absolute atomic E-state index is 12.8. The molecule has 0 bridgehead atoms. The van der Waals surface area contributed by atoms with Gasteiger partial charge >= 0.3 is 0 Å². The van der Waals surface area contributed by atoms with Gasteiger partial charge in [-0.2, -0.15) is 0 Å². The number of anilines is 1. The van der Waals surface area contributed by atoms with Gasteiger partial charge in [0.15, 0.2) is 5.17 Å². The third kappa shape index (κ3) is 4.28. The lowest BCUT2D eigenvalue weighted by Crippen LogP contribution is -2.43. The van der Waals surface area contributed by atoms with E-state index in [0.717, 1.165) is 0 Å². The third-order valence-corrected chi connectivity index (χ3v) is 5.47. The van der Waals surface area contributed by atoms with Crippen molar-refractivity contribution in [1.29, 1.82) is 0 Å². The number of benzene rings is 2. The van der Waals surface area contributed by atoms with Crippen LogP contribution in [0.3, 0.4) is 0 Å². The molecule has 1 heterocycles. The van der Waals surface area contributed by atoms with Gasteiger partial charge in [0.2, 0.25) is 11.8 Å². The van der Waals surface area contributed by atoms with Crippen LogP contribution in [-0.4, -0.2) is 48.4 Å². The molecular formula is C20H21N3O4S. The molecule has 1 aliphatic heterocycles. The Kier molecular flexibility index (Phi) is 6.20. The van der Waals surface area contributed by atoms with Gasteiger partial charge in [-0.15, -0.1) is 0 Å². The van der Waals surface area contributed by atoms with Crippen molar-refractivity contribution in [3.63, 3.8) is 0 Å². The fourth-order valence-corrected chi connectivity index (χ4v) is 3.74. The van der Waals surface area contributed by atoms with Crippen LogP contribution in [0, 0.1) is 0 Å². The molecule has 1 saturated heterocycles. The van der Waals surface area contributed by atoms with Crippen molar-refractivity contribution in [1.82, 2.24) is 4.90 Å². The smallest absolute Gasteiger partial charge is 0.238 e. The topological polar surface area (TPSA) is 80.2 Å². The molecule has 146 valence electrons. The van der Waals surface area contributed by atoms with Crippen LogP contribution in [0.5, 0.6) is 11.5 Å². The van der Waals surface area contributed by atoms with Gasteiger partial charge in [0.25, 0.3) is 0 Å². The summed E-state index contributed by atoms with van der Waals surface area (Å²) in [5, 5.41) is 2.69. The average Bonchev–Trinajstić information content (AvgIpc) is 2.72. The van der Waals surface area contributed by atoms with Crippen LogP contribution >= 0.6 is 11.8 Å². The van der Waals surface area contributed by atoms with E-state index in [4.69, 9.17) is 9.47 Å². The van der Waals surface area contributed by atoms with Gasteiger partial charge in [-0.3, -0.25) is 14.5 Å². The molecular weight excluding hydrogens is 378 g/mol. The Hall–Kier alpha value is -3.00. The highest BCUT2D eigenvalue weighted by molar-refractivity contribution is 8.15. The molecule has 1 atom stereocenters. The zero-order valence-corrected chi connectivity index (χ0v) is 16.7. The Morgan fingerprint density at radius 3 is 2.46 bits per heavy atom. The predicted octanol–water partition coefficient (Wildman–Crippen LogP) is 3.29. The number of ether oxygens (including phenoxy) is 2. The first-order valence-corrected chi connectivity index (χ1v) is 9.50. The highest BCUT2D eigenvalue weighted by atomic mass is 32.2. The summed E-state index contributed by atoms with van der Waals surface area (Å²) in [6.07, 6.45) is 0.0904. The van der Waals surface area contributed by atoms with Crippen LogP contribution in [0.25, 0.3) is 0 Å². The van der Waals surface area contributed by atoms with Gasteiger partial charge in [0, 0.05) is 13.5 Å². The standard InChI is InChI=1S/C20H21N3O4S/c1-23-18(24)12-17(19(25)21-13-8-4-6-10-15(13)26-2)28-20(23)22-14-9-5-7-11-16(14)27-3/h4-11,17H,12H2,1-3H3,(H,21,25)/t17-/m0/s1. The van der Waals surface area contributed by atoms with Crippen molar-refractivity contribution < 1.29 is 19.1 Å². The Balaban J connectivity index is 1.82. The summed E-state index contributed by atoms with van der Waals surface area (Å²) in [5.41, 5.74) is 1.16. The number of amides is 2. The lowest BCUT2D eigenvalue weighted by Gasteiger charge is -2.29.